The molecule has 1 aromatic rings. The van der Waals surface area contributed by atoms with E-state index in [0.29, 0.717) is 0 Å². The van der Waals surface area contributed by atoms with Crippen LogP contribution < -0.4 is 0 Å². The van der Waals surface area contributed by atoms with Crippen LogP contribution in [0.2, 0.25) is 0 Å². The fourth-order valence-electron chi connectivity index (χ4n) is 7.19. The second-order valence-electron chi connectivity index (χ2n) is 10.6. The number of hydrogen-bond acceptors (Lipinski definition) is 2. The third kappa shape index (κ3) is 3.42. The van der Waals surface area contributed by atoms with Gasteiger partial charge in [0.25, 0.3) is 15.2 Å². The van der Waals surface area contributed by atoms with Gasteiger partial charge in [-0.3, -0.25) is 9.13 Å². The first-order valence-corrected chi connectivity index (χ1v) is 15.9. The van der Waals surface area contributed by atoms with E-state index in [0.717, 1.165) is 31.2 Å². The molecule has 184 valence electrons. The van der Waals surface area contributed by atoms with E-state index in [2.05, 4.69) is 37.7 Å². The summed E-state index contributed by atoms with van der Waals surface area (Å²) in [5, 5.41) is 0. The number of likely N-dealkylation sites (N-methyl/N-ethyl adjacent to an activating group) is 4. The lowest BCUT2D eigenvalue weighted by atomic mass is 9.91. The minimum atomic E-state index is -3.28. The van der Waals surface area contributed by atoms with Crippen LogP contribution in [-0.2, 0) is 9.13 Å². The average Bonchev–Trinajstić information content (AvgIpc) is 3.16. The van der Waals surface area contributed by atoms with Crippen molar-refractivity contribution in [2.45, 2.75) is 88.5 Å². The number of nitrogens with zero attached hydrogens (tertiary/aromatic N) is 5. The first-order chi connectivity index (χ1) is 15.7. The zero-order valence-corrected chi connectivity index (χ0v) is 22.7. The van der Waals surface area contributed by atoms with Crippen molar-refractivity contribution in [2.24, 2.45) is 0 Å². The van der Waals surface area contributed by atoms with E-state index in [4.69, 9.17) is 0 Å². The largest absolute Gasteiger partial charge is 0.295 e. The minimum Gasteiger partial charge on any atom is -0.270 e. The number of rotatable bonds is 4. The number of hydrogen-bond donors (Lipinski definition) is 0. The highest BCUT2D eigenvalue weighted by atomic mass is 31.2. The first kappa shape index (κ1) is 24.2. The van der Waals surface area contributed by atoms with Crippen LogP contribution in [-0.4, -0.2) is 75.5 Å². The summed E-state index contributed by atoms with van der Waals surface area (Å²) in [6.07, 6.45) is 8.94. The predicted molar refractivity (Wildman–Crippen MR) is 135 cm³/mol. The van der Waals surface area contributed by atoms with Crippen molar-refractivity contribution in [3.05, 3.63) is 35.9 Å². The molecular formula is C24H41N5O2P2. The summed E-state index contributed by atoms with van der Waals surface area (Å²) in [4.78, 5) is 0. The van der Waals surface area contributed by atoms with Crippen molar-refractivity contribution in [3.8, 4) is 0 Å². The second-order valence-corrected chi connectivity index (χ2v) is 16.3. The van der Waals surface area contributed by atoms with E-state index in [1.165, 1.54) is 25.7 Å². The summed E-state index contributed by atoms with van der Waals surface area (Å²) in [5.74, 6) is 0. The first-order valence-electron chi connectivity index (χ1n) is 12.7. The molecule has 2 aliphatic carbocycles. The van der Waals surface area contributed by atoms with Gasteiger partial charge in [-0.2, -0.15) is 0 Å². The highest BCUT2D eigenvalue weighted by Crippen LogP contribution is 2.79. The smallest absolute Gasteiger partial charge is 0.270 e. The Balaban J connectivity index is 1.66. The molecule has 5 atom stereocenters. The molecule has 5 rings (SSSR count). The highest BCUT2D eigenvalue weighted by molar-refractivity contribution is 7.72. The molecule has 0 spiro atoms. The maximum atomic E-state index is 15.4. The molecule has 0 radical (unpaired) electrons. The Hall–Kier alpha value is -0.520. The SMILES string of the molecule is C[C@@H](c1ccccc1)N(P1(=O)N(C)[C@@H]2CCCC[C@H]2N1C)P1(=O)N(C)[C@@H]2CCCC[C@H]2N1C. The van der Waals surface area contributed by atoms with E-state index >= 15 is 9.13 Å². The normalized spacial score (nSPS) is 36.1. The van der Waals surface area contributed by atoms with Gasteiger partial charge in [0.05, 0.1) is 0 Å². The summed E-state index contributed by atoms with van der Waals surface area (Å²) in [6.45, 7) is 2.10. The molecule has 0 N–H and O–H groups in total. The van der Waals surface area contributed by atoms with Gasteiger partial charge in [-0.15, -0.1) is 4.44 Å². The van der Waals surface area contributed by atoms with Crippen molar-refractivity contribution in [2.75, 3.05) is 28.2 Å². The van der Waals surface area contributed by atoms with Crippen LogP contribution in [0.25, 0.3) is 0 Å². The lowest BCUT2D eigenvalue weighted by Gasteiger charge is -2.46. The third-order valence-corrected chi connectivity index (χ3v) is 16.7. The Labute approximate surface area is 200 Å². The summed E-state index contributed by atoms with van der Waals surface area (Å²) in [7, 11) is 1.53. The van der Waals surface area contributed by atoms with Crippen LogP contribution >= 0.6 is 15.2 Å². The van der Waals surface area contributed by atoms with Gasteiger partial charge in [-0.25, -0.2) is 18.7 Å². The Morgan fingerprint density at radius 1 is 0.697 bits per heavy atom. The molecule has 2 saturated carbocycles. The topological polar surface area (TPSA) is 50.3 Å². The summed E-state index contributed by atoms with van der Waals surface area (Å²) in [6, 6.07) is 11.0. The molecule has 4 aliphatic rings. The second kappa shape index (κ2) is 8.85. The molecule has 0 unspecified atom stereocenters. The van der Waals surface area contributed by atoms with Crippen LogP contribution in [0.4, 0.5) is 0 Å². The Bertz CT molecular complexity index is 863. The molecular weight excluding hydrogens is 452 g/mol. The maximum absolute atomic E-state index is 15.4. The molecule has 33 heavy (non-hydrogen) atoms. The van der Waals surface area contributed by atoms with E-state index in [-0.39, 0.29) is 30.2 Å². The monoisotopic (exact) mass is 493 g/mol. The fraction of sp³-hybridized carbons (Fsp3) is 0.750. The van der Waals surface area contributed by atoms with Gasteiger partial charge in [-0.1, -0.05) is 56.0 Å². The Morgan fingerprint density at radius 2 is 1.03 bits per heavy atom. The average molecular weight is 494 g/mol. The lowest BCUT2D eigenvalue weighted by Crippen LogP contribution is -2.38. The Kier molecular flexibility index (Phi) is 6.49. The molecule has 4 fully saturated rings. The van der Waals surface area contributed by atoms with Crippen molar-refractivity contribution >= 4 is 15.2 Å². The van der Waals surface area contributed by atoms with E-state index in [1.54, 1.807) is 0 Å². The molecule has 0 amide bonds. The van der Waals surface area contributed by atoms with Gasteiger partial charge in [0.2, 0.25) is 0 Å². The minimum absolute atomic E-state index is 0.238. The van der Waals surface area contributed by atoms with Crippen molar-refractivity contribution in [1.82, 2.24) is 23.1 Å². The van der Waals surface area contributed by atoms with Crippen molar-refractivity contribution < 1.29 is 9.13 Å². The van der Waals surface area contributed by atoms with Gasteiger partial charge in [0, 0.05) is 30.2 Å². The molecule has 1 aromatic carbocycles. The molecule has 9 heteroatoms. The van der Waals surface area contributed by atoms with Crippen LogP contribution in [0.1, 0.15) is 69.9 Å². The van der Waals surface area contributed by atoms with E-state index in [1.807, 2.05) is 50.8 Å². The van der Waals surface area contributed by atoms with Gasteiger partial charge < -0.3 is 0 Å². The van der Waals surface area contributed by atoms with E-state index in [9.17, 15) is 0 Å². The van der Waals surface area contributed by atoms with Crippen LogP contribution in [0, 0.1) is 0 Å². The standard InChI is InChI=1S/C24H41N5O2P2/c1-19(20-13-7-6-8-14-20)29(32(30)25(2)21-15-9-10-16-22(21)26(32)3)33(31)27(4)23-17-11-12-18-24(23)28(33)5/h6-8,13-14,19,21-24H,9-12,15-18H2,1-5H3/t19-,21+,22+,23+,24+/m0/s1. The number of fused-ring (bicyclic) bond motifs is 2. The molecule has 2 aliphatic heterocycles. The van der Waals surface area contributed by atoms with E-state index < -0.39 is 15.2 Å². The molecule has 2 saturated heterocycles. The van der Waals surface area contributed by atoms with Crippen molar-refractivity contribution in [3.63, 3.8) is 0 Å². The molecule has 7 nitrogen and oxygen atoms in total. The Morgan fingerprint density at radius 3 is 1.36 bits per heavy atom. The maximum Gasteiger partial charge on any atom is 0.295 e. The molecule has 0 aromatic heterocycles. The van der Waals surface area contributed by atoms with Gasteiger partial charge in [0.15, 0.2) is 0 Å². The zero-order chi connectivity index (χ0) is 23.5. The molecule has 0 bridgehead atoms. The van der Waals surface area contributed by atoms with Gasteiger partial charge in [-0.05, 0) is 66.4 Å². The predicted octanol–water partition coefficient (Wildman–Crippen LogP) is 5.64. The van der Waals surface area contributed by atoms with Gasteiger partial charge in [0.1, 0.15) is 0 Å². The molecule has 2 heterocycles. The summed E-state index contributed by atoms with van der Waals surface area (Å²) >= 11 is 0. The summed E-state index contributed by atoms with van der Waals surface area (Å²) in [5.41, 5.74) is 1.07. The van der Waals surface area contributed by atoms with Gasteiger partial charge >= 0.3 is 0 Å². The van der Waals surface area contributed by atoms with Crippen molar-refractivity contribution in [1.29, 1.82) is 0 Å². The van der Waals surface area contributed by atoms with Crippen LogP contribution in [0.15, 0.2) is 30.3 Å². The van der Waals surface area contributed by atoms with Crippen LogP contribution in [0.5, 0.6) is 0 Å². The number of benzene rings is 1. The zero-order valence-electron chi connectivity index (χ0n) is 20.9. The lowest BCUT2D eigenvalue weighted by molar-refractivity contribution is 0.233. The third-order valence-electron chi connectivity index (χ3n) is 9.11. The summed E-state index contributed by atoms with van der Waals surface area (Å²) < 4.78 is 41.3. The quantitative estimate of drug-likeness (QED) is 0.503. The fourth-order valence-corrected chi connectivity index (χ4v) is 15.8. The highest BCUT2D eigenvalue weighted by Gasteiger charge is 2.65. The van der Waals surface area contributed by atoms with Crippen LogP contribution in [0.3, 0.4) is 0 Å².